The highest BCUT2D eigenvalue weighted by Gasteiger charge is 2.20. The van der Waals surface area contributed by atoms with E-state index in [2.05, 4.69) is 35.6 Å². The average molecular weight is 385 g/mol. The van der Waals surface area contributed by atoms with E-state index in [1.807, 2.05) is 12.1 Å². The van der Waals surface area contributed by atoms with Gasteiger partial charge in [-0.2, -0.15) is 5.10 Å². The minimum atomic E-state index is -0.363. The first-order valence-corrected chi connectivity index (χ1v) is 9.28. The molecular weight excluding hydrogens is 365 g/mol. The third kappa shape index (κ3) is 3.97. The van der Waals surface area contributed by atoms with Gasteiger partial charge in [0.2, 0.25) is 0 Å². The Morgan fingerprint density at radius 2 is 2.00 bits per heavy atom. The molecule has 1 saturated heterocycles. The number of aromatic nitrogens is 2. The second-order valence-corrected chi connectivity index (χ2v) is 6.77. The first kappa shape index (κ1) is 17.6. The molecule has 2 aliphatic rings. The highest BCUT2D eigenvalue weighted by atomic mass is 32.1. The molecule has 0 aliphatic carbocycles. The lowest BCUT2D eigenvalue weighted by Crippen LogP contribution is -2.51. The average Bonchev–Trinajstić information content (AvgIpc) is 2.72. The zero-order valence-corrected chi connectivity index (χ0v) is 15.5. The summed E-state index contributed by atoms with van der Waals surface area (Å²) in [5.41, 5.74) is 6.27. The van der Waals surface area contributed by atoms with E-state index < -0.39 is 0 Å². The quantitative estimate of drug-likeness (QED) is 0.604. The van der Waals surface area contributed by atoms with E-state index >= 15 is 0 Å². The van der Waals surface area contributed by atoms with E-state index in [1.54, 1.807) is 12.4 Å². The fourth-order valence-electron chi connectivity index (χ4n) is 3.26. The van der Waals surface area contributed by atoms with E-state index in [0.29, 0.717) is 29.5 Å². The van der Waals surface area contributed by atoms with Gasteiger partial charge in [0.05, 0.1) is 17.6 Å². The molecule has 0 aromatic carbocycles. The van der Waals surface area contributed by atoms with Gasteiger partial charge < -0.3 is 15.1 Å². The molecule has 27 heavy (non-hydrogen) atoms. The molecule has 2 aliphatic heterocycles. The third-order valence-corrected chi connectivity index (χ3v) is 5.04. The molecule has 140 valence electrons. The van der Waals surface area contributed by atoms with Crippen LogP contribution in [0.1, 0.15) is 12.1 Å². The van der Waals surface area contributed by atoms with Crippen LogP contribution in [0, 0.1) is 5.82 Å². The molecule has 4 rings (SSSR count). The number of hydrogen-bond acceptors (Lipinski definition) is 6. The topological polar surface area (TPSA) is 68.7 Å². The van der Waals surface area contributed by atoms with Crippen LogP contribution in [0.2, 0.25) is 0 Å². The number of halogens is 1. The third-order valence-electron chi connectivity index (χ3n) is 4.69. The van der Waals surface area contributed by atoms with Crippen LogP contribution in [0.5, 0.6) is 0 Å². The number of anilines is 2. The molecule has 0 spiro atoms. The Kier molecular flexibility index (Phi) is 5.10. The first-order chi connectivity index (χ1) is 13.2. The predicted octanol–water partition coefficient (Wildman–Crippen LogP) is 1.83. The lowest BCUT2D eigenvalue weighted by molar-refractivity contribution is 0.381. The molecule has 0 radical (unpaired) electrons. The van der Waals surface area contributed by atoms with Crippen molar-refractivity contribution in [2.45, 2.75) is 6.42 Å². The van der Waals surface area contributed by atoms with Gasteiger partial charge in [-0.15, -0.1) is 0 Å². The van der Waals surface area contributed by atoms with Crippen molar-refractivity contribution in [2.24, 2.45) is 5.10 Å². The molecule has 4 heterocycles. The van der Waals surface area contributed by atoms with Gasteiger partial charge in [0.15, 0.2) is 5.11 Å². The Bertz CT molecular complexity index is 850. The smallest absolute Gasteiger partial charge is 0.189 e. The molecule has 1 fully saturated rings. The maximum atomic E-state index is 13.3. The highest BCUT2D eigenvalue weighted by molar-refractivity contribution is 7.80. The molecule has 7 nitrogen and oxygen atoms in total. The van der Waals surface area contributed by atoms with Crippen LogP contribution >= 0.6 is 12.2 Å². The fraction of sp³-hybridized carbons (Fsp3) is 0.333. The van der Waals surface area contributed by atoms with E-state index in [4.69, 9.17) is 12.2 Å². The van der Waals surface area contributed by atoms with Crippen LogP contribution in [0.15, 0.2) is 41.9 Å². The van der Waals surface area contributed by atoms with Crippen LogP contribution in [0.25, 0.3) is 0 Å². The van der Waals surface area contributed by atoms with Crippen LogP contribution in [0.3, 0.4) is 0 Å². The van der Waals surface area contributed by atoms with Crippen molar-refractivity contribution in [2.75, 3.05) is 42.9 Å². The van der Waals surface area contributed by atoms with Crippen LogP contribution in [0.4, 0.5) is 15.8 Å². The zero-order valence-electron chi connectivity index (χ0n) is 14.7. The number of piperazine rings is 1. The standard InChI is InChI=1S/C18H20FN7S/c19-13-11-16-17(22-12-13)15(3-6-21-16)23-24-18(27)26-9-7-25(8-10-26)14-1-4-20-5-2-14/h1-2,4-5,11-12,21H,3,6-10H2,(H,24,27)/b23-15-. The van der Waals surface area contributed by atoms with E-state index in [-0.39, 0.29) is 5.82 Å². The Labute approximate surface area is 162 Å². The monoisotopic (exact) mass is 385 g/mol. The maximum Gasteiger partial charge on any atom is 0.189 e. The van der Waals surface area contributed by atoms with Crippen molar-refractivity contribution in [1.82, 2.24) is 20.3 Å². The Morgan fingerprint density at radius 3 is 2.78 bits per heavy atom. The summed E-state index contributed by atoms with van der Waals surface area (Å²) >= 11 is 5.50. The maximum absolute atomic E-state index is 13.3. The second-order valence-electron chi connectivity index (χ2n) is 6.38. The normalized spacial score (nSPS) is 18.0. The number of hydrazone groups is 1. The van der Waals surface area contributed by atoms with E-state index in [9.17, 15) is 4.39 Å². The summed E-state index contributed by atoms with van der Waals surface area (Å²) in [4.78, 5) is 12.6. The van der Waals surface area contributed by atoms with Gasteiger partial charge in [-0.25, -0.2) is 9.37 Å². The summed E-state index contributed by atoms with van der Waals surface area (Å²) in [6.45, 7) is 4.10. The minimum absolute atomic E-state index is 0.363. The molecular formula is C18H20FN7S. The lowest BCUT2D eigenvalue weighted by atomic mass is 10.1. The van der Waals surface area contributed by atoms with Crippen LogP contribution < -0.4 is 15.6 Å². The number of rotatable bonds is 2. The van der Waals surface area contributed by atoms with Gasteiger partial charge >= 0.3 is 0 Å². The van der Waals surface area contributed by atoms with E-state index in [0.717, 1.165) is 31.9 Å². The molecule has 2 aromatic heterocycles. The number of nitrogens with one attached hydrogen (secondary N) is 2. The second kappa shape index (κ2) is 7.83. The van der Waals surface area contributed by atoms with Crippen LogP contribution in [-0.2, 0) is 0 Å². The summed E-state index contributed by atoms with van der Waals surface area (Å²) in [6.07, 6.45) is 5.52. The summed E-state index contributed by atoms with van der Waals surface area (Å²) in [7, 11) is 0. The minimum Gasteiger partial charge on any atom is -0.383 e. The number of hydrogen-bond donors (Lipinski definition) is 2. The molecule has 2 aromatic rings. The summed E-state index contributed by atoms with van der Waals surface area (Å²) in [6, 6.07) is 5.47. The van der Waals surface area contributed by atoms with Gasteiger partial charge in [0.1, 0.15) is 11.5 Å². The number of fused-ring (bicyclic) bond motifs is 1. The molecule has 0 amide bonds. The lowest BCUT2D eigenvalue weighted by Gasteiger charge is -2.37. The fourth-order valence-corrected chi connectivity index (χ4v) is 3.48. The molecule has 0 atom stereocenters. The van der Waals surface area contributed by atoms with Crippen LogP contribution in [-0.4, -0.2) is 58.4 Å². The Balaban J connectivity index is 1.36. The van der Waals surface area contributed by atoms with Gasteiger partial charge in [-0.05, 0) is 24.4 Å². The van der Waals surface area contributed by atoms with Crippen molar-refractivity contribution in [3.63, 3.8) is 0 Å². The predicted molar refractivity (Wildman–Crippen MR) is 108 cm³/mol. The molecule has 9 heteroatoms. The highest BCUT2D eigenvalue weighted by Crippen LogP contribution is 2.20. The zero-order chi connectivity index (χ0) is 18.6. The van der Waals surface area contributed by atoms with E-state index in [1.165, 1.54) is 18.0 Å². The Hall–Kier alpha value is -2.81. The molecule has 0 bridgehead atoms. The van der Waals surface area contributed by atoms with Crippen molar-refractivity contribution >= 4 is 34.4 Å². The first-order valence-electron chi connectivity index (χ1n) is 8.87. The summed E-state index contributed by atoms with van der Waals surface area (Å²) in [5, 5.41) is 8.18. The summed E-state index contributed by atoms with van der Waals surface area (Å²) < 4.78 is 13.3. The number of thiocarbonyl (C=S) groups is 1. The molecule has 2 N–H and O–H groups in total. The largest absolute Gasteiger partial charge is 0.383 e. The number of pyridine rings is 2. The van der Waals surface area contributed by atoms with Gasteiger partial charge in [0, 0.05) is 63.3 Å². The van der Waals surface area contributed by atoms with Crippen molar-refractivity contribution < 1.29 is 4.39 Å². The summed E-state index contributed by atoms with van der Waals surface area (Å²) in [5.74, 6) is -0.363. The molecule has 0 unspecified atom stereocenters. The SMILES string of the molecule is Fc1cnc2c(c1)NCC/C2=N/NC(=S)N1CCN(c2ccncc2)CC1. The van der Waals surface area contributed by atoms with Gasteiger partial charge in [-0.1, -0.05) is 0 Å². The number of nitrogens with zero attached hydrogens (tertiary/aromatic N) is 5. The van der Waals surface area contributed by atoms with Crippen molar-refractivity contribution in [1.29, 1.82) is 0 Å². The Morgan fingerprint density at radius 1 is 1.22 bits per heavy atom. The van der Waals surface area contributed by atoms with Crippen molar-refractivity contribution in [3.05, 3.63) is 48.3 Å². The van der Waals surface area contributed by atoms with Crippen molar-refractivity contribution in [3.8, 4) is 0 Å². The van der Waals surface area contributed by atoms with Gasteiger partial charge in [0.25, 0.3) is 0 Å². The van der Waals surface area contributed by atoms with Gasteiger partial charge in [-0.3, -0.25) is 10.4 Å². The molecule has 0 saturated carbocycles.